The van der Waals surface area contributed by atoms with Gasteiger partial charge in [-0.25, -0.2) is 0 Å². The van der Waals surface area contributed by atoms with Gasteiger partial charge < -0.3 is 15.3 Å². The van der Waals surface area contributed by atoms with Gasteiger partial charge in [-0.15, -0.1) is 0 Å². The van der Waals surface area contributed by atoms with Crippen LogP contribution in [0.5, 0.6) is 5.75 Å². The van der Waals surface area contributed by atoms with Crippen LogP contribution >= 0.6 is 0 Å². The van der Waals surface area contributed by atoms with Crippen LogP contribution in [0.4, 0.5) is 0 Å². The van der Waals surface area contributed by atoms with Gasteiger partial charge >= 0.3 is 0 Å². The molecule has 6 heteroatoms. The molecular formula is C37H50O6. The number of carbonyl (C=O) groups is 3. The number of hydrogen-bond donors (Lipinski definition) is 3. The van der Waals surface area contributed by atoms with Crippen molar-refractivity contribution in [2.45, 2.75) is 130 Å². The first-order valence-corrected chi connectivity index (χ1v) is 16.3. The number of aliphatic hydroxyl groups is 2. The normalized spacial score (nSPS) is 33.3. The fourth-order valence-electron chi connectivity index (χ4n) is 9.60. The first kappa shape index (κ1) is 31.7. The maximum Gasteiger partial charge on any atom is 0.206 e. The highest BCUT2D eigenvalue weighted by Crippen LogP contribution is 2.68. The summed E-state index contributed by atoms with van der Waals surface area (Å²) in [6.45, 7) is 14.8. The molecule has 5 atom stereocenters. The van der Waals surface area contributed by atoms with Gasteiger partial charge in [0.15, 0.2) is 11.4 Å². The Bertz CT molecular complexity index is 1460. The van der Waals surface area contributed by atoms with Crippen LogP contribution < -0.4 is 0 Å². The summed E-state index contributed by atoms with van der Waals surface area (Å²) in [5, 5.41) is 35.9. The van der Waals surface area contributed by atoms with E-state index >= 15 is 0 Å². The van der Waals surface area contributed by atoms with E-state index < -0.39 is 39.7 Å². The van der Waals surface area contributed by atoms with Crippen molar-refractivity contribution in [2.75, 3.05) is 0 Å². The zero-order chi connectivity index (χ0) is 31.9. The summed E-state index contributed by atoms with van der Waals surface area (Å²) in [5.41, 5.74) is -2.93. The van der Waals surface area contributed by atoms with Crippen molar-refractivity contribution in [3.63, 3.8) is 0 Å². The molecule has 0 unspecified atom stereocenters. The molecule has 1 aromatic carbocycles. The van der Waals surface area contributed by atoms with Crippen LogP contribution in [-0.2, 0) is 19.8 Å². The number of allylic oxidation sites excluding steroid dienone is 1. The maximum absolute atomic E-state index is 14.5. The van der Waals surface area contributed by atoms with Gasteiger partial charge in [0.05, 0.1) is 11.1 Å². The van der Waals surface area contributed by atoms with Gasteiger partial charge in [-0.1, -0.05) is 104 Å². The summed E-state index contributed by atoms with van der Waals surface area (Å²) in [6.07, 6.45) is 9.86. The minimum atomic E-state index is -2.50. The Labute approximate surface area is 256 Å². The van der Waals surface area contributed by atoms with E-state index in [1.165, 1.54) is 45.4 Å². The molecule has 0 spiro atoms. The average Bonchev–Trinajstić information content (AvgIpc) is 2.93. The molecule has 2 saturated carbocycles. The van der Waals surface area contributed by atoms with E-state index in [0.29, 0.717) is 11.1 Å². The summed E-state index contributed by atoms with van der Waals surface area (Å²) in [5.74, 6) is -2.63. The summed E-state index contributed by atoms with van der Waals surface area (Å²) < 4.78 is 0. The Morgan fingerprint density at radius 3 is 2.26 bits per heavy atom. The first-order chi connectivity index (χ1) is 20.0. The molecule has 0 saturated heterocycles. The first-order valence-electron chi connectivity index (χ1n) is 16.3. The highest BCUT2D eigenvalue weighted by Gasteiger charge is 2.73. The third kappa shape index (κ3) is 4.25. The number of phenolic OH excluding ortho intramolecular Hbond substituents is 1. The van der Waals surface area contributed by atoms with E-state index in [-0.39, 0.29) is 46.0 Å². The van der Waals surface area contributed by atoms with E-state index in [1.54, 1.807) is 13.8 Å². The lowest BCUT2D eigenvalue weighted by molar-refractivity contribution is -0.182. The number of Topliss-reactive ketones (excluding diaryl/α,β-unsaturated/α-hetero) is 3. The zero-order valence-electron chi connectivity index (χ0n) is 27.3. The van der Waals surface area contributed by atoms with Crippen LogP contribution in [0.1, 0.15) is 136 Å². The van der Waals surface area contributed by atoms with Gasteiger partial charge in [0.2, 0.25) is 11.6 Å². The number of benzene rings is 1. The largest absolute Gasteiger partial charge is 0.507 e. The molecule has 2 fully saturated rings. The van der Waals surface area contributed by atoms with Gasteiger partial charge in [0.25, 0.3) is 0 Å². The topological polar surface area (TPSA) is 112 Å². The lowest BCUT2D eigenvalue weighted by atomic mass is 9.40. The quantitative estimate of drug-likeness (QED) is 0.232. The van der Waals surface area contributed by atoms with Crippen molar-refractivity contribution in [3.05, 3.63) is 45.5 Å². The number of aliphatic hydroxyl groups excluding tert-OH is 1. The van der Waals surface area contributed by atoms with Gasteiger partial charge in [-0.2, -0.15) is 0 Å². The number of fused-ring (bicyclic) bond motifs is 3. The van der Waals surface area contributed by atoms with E-state index in [4.69, 9.17) is 0 Å². The van der Waals surface area contributed by atoms with Crippen molar-refractivity contribution in [1.29, 1.82) is 0 Å². The summed E-state index contributed by atoms with van der Waals surface area (Å²) >= 11 is 0. The molecule has 0 radical (unpaired) electrons. The molecule has 0 bridgehead atoms. The zero-order valence-corrected chi connectivity index (χ0v) is 27.3. The molecule has 3 N–H and O–H groups in total. The van der Waals surface area contributed by atoms with Crippen LogP contribution in [0, 0.1) is 22.7 Å². The lowest BCUT2D eigenvalue weighted by Crippen LogP contribution is -2.71. The van der Waals surface area contributed by atoms with E-state index in [2.05, 4.69) is 13.8 Å². The van der Waals surface area contributed by atoms with Crippen LogP contribution in [0.25, 0.3) is 5.76 Å². The molecule has 0 amide bonds. The van der Waals surface area contributed by atoms with Gasteiger partial charge in [-0.05, 0) is 55.4 Å². The second kappa shape index (κ2) is 10.4. The number of hydrogen-bond acceptors (Lipinski definition) is 6. The summed E-state index contributed by atoms with van der Waals surface area (Å²) in [7, 11) is 0. The molecule has 4 aliphatic rings. The second-order valence-corrected chi connectivity index (χ2v) is 15.3. The lowest BCUT2D eigenvalue weighted by Gasteiger charge is -2.62. The average molecular weight is 591 g/mol. The molecule has 1 aromatic rings. The molecule has 43 heavy (non-hydrogen) atoms. The van der Waals surface area contributed by atoms with Crippen LogP contribution in [0.3, 0.4) is 0 Å². The van der Waals surface area contributed by atoms with Crippen LogP contribution in [0.15, 0.2) is 28.9 Å². The molecule has 0 heterocycles. The standard InChI is InChI=1S/C37H50O6/c1-20-19-35(7)23(4)36(8)21(2)25-16-17-26(34(5,6)18-12-15-24-13-10-9-11-14-24)30(39)28(25)31(40)29(36)33(42)37(35,43)32(41)27(20)22(3)38/h16-17,21,23-24,39-40,43H,9-15,18-19H2,1-8H3/t21-,23+,35+,36-,37+/m1/s1. The van der Waals surface area contributed by atoms with E-state index in [0.717, 1.165) is 24.3 Å². The Balaban J connectivity index is 1.61. The highest BCUT2D eigenvalue weighted by molar-refractivity contribution is 6.33. The molecule has 5 rings (SSSR count). The minimum Gasteiger partial charge on any atom is -0.507 e. The Hall–Kier alpha value is -2.73. The number of ketones is 3. The molecule has 234 valence electrons. The van der Waals surface area contributed by atoms with E-state index in [1.807, 2.05) is 32.9 Å². The van der Waals surface area contributed by atoms with Crippen LogP contribution in [0.2, 0.25) is 0 Å². The monoisotopic (exact) mass is 590 g/mol. The van der Waals surface area contributed by atoms with Crippen molar-refractivity contribution < 1.29 is 29.7 Å². The van der Waals surface area contributed by atoms with Crippen molar-refractivity contribution in [1.82, 2.24) is 0 Å². The SMILES string of the molecule is CC(=O)C1=C(C)C[C@@]2(C)[C@H](C)[C@]3(C)C(=C(O)c4c(ccc(C(C)(C)CCCC5CCCCC5)c4O)[C@H]3C)C(=O)[C@@]2(O)C1=O. The predicted octanol–water partition coefficient (Wildman–Crippen LogP) is 7.65. The summed E-state index contributed by atoms with van der Waals surface area (Å²) in [6, 6.07) is 3.94. The smallest absolute Gasteiger partial charge is 0.206 e. The number of aromatic hydroxyl groups is 1. The molecular weight excluding hydrogens is 540 g/mol. The highest BCUT2D eigenvalue weighted by atomic mass is 16.3. The number of carbonyl (C=O) groups excluding carboxylic acids is 3. The fourth-order valence-corrected chi connectivity index (χ4v) is 9.60. The summed E-state index contributed by atoms with van der Waals surface area (Å²) in [4.78, 5) is 40.9. The van der Waals surface area contributed by atoms with Crippen LogP contribution in [-0.4, -0.2) is 38.3 Å². The number of phenols is 1. The third-order valence-electron chi connectivity index (χ3n) is 12.7. The Morgan fingerprint density at radius 1 is 1.02 bits per heavy atom. The van der Waals surface area contributed by atoms with Crippen molar-refractivity contribution in [3.8, 4) is 5.75 Å². The Kier molecular flexibility index (Phi) is 7.68. The third-order valence-corrected chi connectivity index (χ3v) is 12.7. The predicted molar refractivity (Wildman–Crippen MR) is 168 cm³/mol. The number of rotatable bonds is 6. The molecule has 0 aromatic heterocycles. The van der Waals surface area contributed by atoms with Gasteiger partial charge in [-0.3, -0.25) is 14.4 Å². The molecule has 6 nitrogen and oxygen atoms in total. The van der Waals surface area contributed by atoms with Crippen molar-refractivity contribution >= 4 is 23.1 Å². The molecule has 0 aliphatic heterocycles. The second-order valence-electron chi connectivity index (χ2n) is 15.3. The Morgan fingerprint density at radius 2 is 1.65 bits per heavy atom. The van der Waals surface area contributed by atoms with Gasteiger partial charge in [0.1, 0.15) is 11.5 Å². The van der Waals surface area contributed by atoms with E-state index in [9.17, 15) is 29.7 Å². The molecule has 4 aliphatic carbocycles. The minimum absolute atomic E-state index is 0.0293. The maximum atomic E-state index is 14.5. The van der Waals surface area contributed by atoms with Gasteiger partial charge in [0, 0.05) is 22.0 Å². The fraction of sp³-hybridized carbons (Fsp3) is 0.649. The van der Waals surface area contributed by atoms with Crippen molar-refractivity contribution in [2.24, 2.45) is 22.7 Å².